The van der Waals surface area contributed by atoms with Crippen molar-refractivity contribution in [1.29, 1.82) is 0 Å². The highest BCUT2D eigenvalue weighted by Gasteiger charge is 2.25. The Balaban J connectivity index is 1.72. The van der Waals surface area contributed by atoms with E-state index < -0.39 is 10.0 Å². The monoisotopic (exact) mass is 361 g/mol. The number of carbonyl (C=O) groups excluding carboxylic acids is 1. The molecule has 1 aliphatic heterocycles. The van der Waals surface area contributed by atoms with Gasteiger partial charge in [0.2, 0.25) is 5.91 Å². The van der Waals surface area contributed by atoms with E-state index >= 15 is 0 Å². The van der Waals surface area contributed by atoms with Crippen LogP contribution in [0.25, 0.3) is 10.9 Å². The summed E-state index contributed by atoms with van der Waals surface area (Å²) in [4.78, 5) is 14.4. The molecular weight excluding hydrogens is 350 g/mol. The first-order valence-corrected chi connectivity index (χ1v) is 9.01. The van der Waals surface area contributed by atoms with Crippen LogP contribution in [-0.4, -0.2) is 19.3 Å². The second-order valence-electron chi connectivity index (χ2n) is 5.55. The number of fused-ring (bicyclic) bond motifs is 2. The van der Waals surface area contributed by atoms with E-state index in [-0.39, 0.29) is 22.2 Å². The minimum atomic E-state index is -3.87. The summed E-state index contributed by atoms with van der Waals surface area (Å²) in [6, 6.07) is 9.95. The number of rotatable bonds is 3. The summed E-state index contributed by atoms with van der Waals surface area (Å²) < 4.78 is 27.9. The Kier molecular flexibility index (Phi) is 3.29. The van der Waals surface area contributed by atoms with Gasteiger partial charge in [0.05, 0.1) is 11.4 Å². The molecule has 2 aromatic carbocycles. The molecule has 8 heteroatoms. The van der Waals surface area contributed by atoms with E-state index in [2.05, 4.69) is 15.0 Å². The zero-order valence-corrected chi connectivity index (χ0v) is 13.8. The lowest BCUT2D eigenvalue weighted by atomic mass is 10.2. The van der Waals surface area contributed by atoms with Crippen molar-refractivity contribution in [2.24, 2.45) is 0 Å². The summed E-state index contributed by atoms with van der Waals surface area (Å²) in [6.45, 7) is 0. The third kappa shape index (κ3) is 2.51. The zero-order valence-electron chi connectivity index (χ0n) is 12.3. The van der Waals surface area contributed by atoms with E-state index in [0.717, 1.165) is 10.9 Å². The maximum Gasteiger partial charge on any atom is 0.263 e. The third-order valence-electron chi connectivity index (χ3n) is 3.88. The molecule has 24 heavy (non-hydrogen) atoms. The van der Waals surface area contributed by atoms with Crippen molar-refractivity contribution in [3.63, 3.8) is 0 Å². The molecule has 0 aliphatic carbocycles. The number of nitrogens with one attached hydrogen (secondary N) is 3. The summed E-state index contributed by atoms with van der Waals surface area (Å²) in [5, 5.41) is 3.60. The minimum absolute atomic E-state index is 0.0476. The van der Waals surface area contributed by atoms with Crippen molar-refractivity contribution in [2.75, 3.05) is 10.0 Å². The highest BCUT2D eigenvalue weighted by molar-refractivity contribution is 7.92. The molecule has 0 radical (unpaired) electrons. The number of amides is 1. The first-order chi connectivity index (χ1) is 11.4. The molecular formula is C16H12ClN3O3S. The van der Waals surface area contributed by atoms with Crippen molar-refractivity contribution in [1.82, 2.24) is 4.98 Å². The van der Waals surface area contributed by atoms with Crippen LogP contribution >= 0.6 is 11.6 Å². The summed E-state index contributed by atoms with van der Waals surface area (Å²) in [6.07, 6.45) is 1.93. The molecule has 4 rings (SSSR count). The predicted molar refractivity (Wildman–Crippen MR) is 92.9 cm³/mol. The maximum atomic E-state index is 12.7. The van der Waals surface area contributed by atoms with E-state index in [4.69, 9.17) is 11.6 Å². The quantitative estimate of drug-likeness (QED) is 0.669. The average molecular weight is 362 g/mol. The molecule has 1 aromatic heterocycles. The molecule has 3 N–H and O–H groups in total. The van der Waals surface area contributed by atoms with Crippen molar-refractivity contribution in [2.45, 2.75) is 11.3 Å². The van der Waals surface area contributed by atoms with Crippen LogP contribution in [0.2, 0.25) is 5.02 Å². The van der Waals surface area contributed by atoms with Crippen molar-refractivity contribution < 1.29 is 13.2 Å². The topological polar surface area (TPSA) is 91.1 Å². The van der Waals surface area contributed by atoms with Crippen LogP contribution in [0.15, 0.2) is 47.5 Å². The lowest BCUT2D eigenvalue weighted by Crippen LogP contribution is -2.13. The molecule has 0 saturated carbocycles. The lowest BCUT2D eigenvalue weighted by molar-refractivity contribution is -0.115. The SMILES string of the molecule is O=C1Cc2cc(S(=O)(=O)Nc3ccc4[nH]ccc4c3)c(Cl)cc2N1. The number of sulfonamides is 1. The molecule has 3 aromatic rings. The highest BCUT2D eigenvalue weighted by atomic mass is 35.5. The van der Waals surface area contributed by atoms with Crippen LogP contribution in [0, 0.1) is 0 Å². The van der Waals surface area contributed by atoms with Gasteiger partial charge in [0.15, 0.2) is 0 Å². The number of hydrogen-bond donors (Lipinski definition) is 3. The number of carbonyl (C=O) groups is 1. The molecule has 122 valence electrons. The maximum absolute atomic E-state index is 12.7. The molecule has 0 fully saturated rings. The van der Waals surface area contributed by atoms with Crippen LogP contribution in [0.5, 0.6) is 0 Å². The van der Waals surface area contributed by atoms with Gasteiger partial charge in [-0.15, -0.1) is 0 Å². The van der Waals surface area contributed by atoms with Gasteiger partial charge in [-0.3, -0.25) is 9.52 Å². The van der Waals surface area contributed by atoms with E-state index in [9.17, 15) is 13.2 Å². The Morgan fingerprint density at radius 2 is 1.96 bits per heavy atom. The fourth-order valence-corrected chi connectivity index (χ4v) is 4.39. The fraction of sp³-hybridized carbons (Fsp3) is 0.0625. The van der Waals surface area contributed by atoms with E-state index in [1.165, 1.54) is 12.1 Å². The van der Waals surface area contributed by atoms with E-state index in [0.29, 0.717) is 16.9 Å². The number of aromatic amines is 1. The van der Waals surface area contributed by atoms with Crippen molar-refractivity contribution in [3.05, 3.63) is 53.2 Å². The van der Waals surface area contributed by atoms with Gasteiger partial charge in [0.1, 0.15) is 4.90 Å². The van der Waals surface area contributed by atoms with Gasteiger partial charge < -0.3 is 10.3 Å². The zero-order chi connectivity index (χ0) is 16.9. The first kappa shape index (κ1) is 15.0. The molecule has 0 spiro atoms. The van der Waals surface area contributed by atoms with E-state index in [1.807, 2.05) is 6.07 Å². The minimum Gasteiger partial charge on any atom is -0.361 e. The van der Waals surface area contributed by atoms with E-state index in [1.54, 1.807) is 24.4 Å². The molecule has 1 amide bonds. The smallest absolute Gasteiger partial charge is 0.263 e. The lowest BCUT2D eigenvalue weighted by Gasteiger charge is -2.11. The average Bonchev–Trinajstić information content (AvgIpc) is 3.10. The second kappa shape index (κ2) is 5.25. The highest BCUT2D eigenvalue weighted by Crippen LogP contribution is 2.33. The molecule has 0 unspecified atom stereocenters. The Morgan fingerprint density at radius 3 is 2.79 bits per heavy atom. The summed E-state index contributed by atoms with van der Waals surface area (Å²) >= 11 is 6.11. The molecule has 0 atom stereocenters. The number of H-pyrrole nitrogens is 1. The predicted octanol–water partition coefficient (Wildman–Crippen LogP) is 3.12. The Labute approximate surface area is 142 Å². The Morgan fingerprint density at radius 1 is 1.12 bits per heavy atom. The summed E-state index contributed by atoms with van der Waals surface area (Å²) in [5.41, 5.74) is 2.52. The first-order valence-electron chi connectivity index (χ1n) is 7.15. The largest absolute Gasteiger partial charge is 0.361 e. The van der Waals surface area contributed by atoms with Crippen LogP contribution in [0.4, 0.5) is 11.4 Å². The molecule has 0 bridgehead atoms. The molecule has 0 saturated heterocycles. The van der Waals surface area contributed by atoms with Crippen LogP contribution in [0.1, 0.15) is 5.56 Å². The van der Waals surface area contributed by atoms with Crippen LogP contribution in [0.3, 0.4) is 0 Å². The molecule has 2 heterocycles. The Hall–Kier alpha value is -2.51. The summed E-state index contributed by atoms with van der Waals surface area (Å²) in [7, 11) is -3.87. The number of halogens is 1. The standard InChI is InChI=1S/C16H12ClN3O3S/c17-12-8-14-10(7-16(21)19-14)6-15(12)24(22,23)20-11-1-2-13-9(5-11)3-4-18-13/h1-6,8,18,20H,7H2,(H,19,21). The van der Waals surface area contributed by atoms with Gasteiger partial charge >= 0.3 is 0 Å². The third-order valence-corrected chi connectivity index (χ3v) is 5.72. The summed E-state index contributed by atoms with van der Waals surface area (Å²) in [5.74, 6) is -0.179. The van der Waals surface area contributed by atoms with Crippen LogP contribution < -0.4 is 10.0 Å². The Bertz CT molecular complexity index is 1090. The van der Waals surface area contributed by atoms with Gasteiger partial charge in [-0.25, -0.2) is 8.42 Å². The van der Waals surface area contributed by atoms with Gasteiger partial charge in [0.25, 0.3) is 10.0 Å². The number of anilines is 2. The van der Waals surface area contributed by atoms with Crippen molar-refractivity contribution in [3.8, 4) is 0 Å². The van der Waals surface area contributed by atoms with Gasteiger partial charge in [-0.1, -0.05) is 11.6 Å². The van der Waals surface area contributed by atoms with Gasteiger partial charge in [-0.2, -0.15) is 0 Å². The van der Waals surface area contributed by atoms with Crippen LogP contribution in [-0.2, 0) is 21.2 Å². The number of benzene rings is 2. The van der Waals surface area contributed by atoms with Gasteiger partial charge in [0, 0.05) is 28.5 Å². The second-order valence-corrected chi connectivity index (χ2v) is 7.61. The number of aromatic nitrogens is 1. The normalized spacial score (nSPS) is 13.8. The van der Waals surface area contributed by atoms with Crippen molar-refractivity contribution >= 4 is 49.8 Å². The fourth-order valence-electron chi connectivity index (χ4n) is 2.76. The number of hydrogen-bond acceptors (Lipinski definition) is 3. The van der Waals surface area contributed by atoms with Gasteiger partial charge in [-0.05, 0) is 42.0 Å². The molecule has 6 nitrogen and oxygen atoms in total. The molecule has 1 aliphatic rings.